The van der Waals surface area contributed by atoms with Crippen LogP contribution in [0.2, 0.25) is 0 Å². The van der Waals surface area contributed by atoms with Crippen LogP contribution < -0.4 is 10.6 Å². The predicted octanol–water partition coefficient (Wildman–Crippen LogP) is 5.47. The van der Waals surface area contributed by atoms with Gasteiger partial charge in [-0.05, 0) is 82.6 Å². The molecule has 2 aliphatic heterocycles. The zero-order valence-corrected chi connectivity index (χ0v) is 32.6. The molecule has 17 nitrogen and oxygen atoms in total. The molecule has 6 aromatic rings. The van der Waals surface area contributed by atoms with Gasteiger partial charge in [-0.2, -0.15) is 8.42 Å². The van der Waals surface area contributed by atoms with Gasteiger partial charge < -0.3 is 10.6 Å². The molecule has 2 heterocycles. The molecular formula is C41H36N6O11S. The normalized spacial score (nSPS) is 14.8. The summed E-state index contributed by atoms with van der Waals surface area (Å²) in [6.07, 6.45) is 0.715. The van der Waals surface area contributed by atoms with Crippen molar-refractivity contribution in [1.82, 2.24) is 20.4 Å². The van der Waals surface area contributed by atoms with Crippen LogP contribution >= 0.6 is 0 Å². The first-order valence-corrected chi connectivity index (χ1v) is 20.2. The van der Waals surface area contributed by atoms with Gasteiger partial charge >= 0.3 is 0 Å². The summed E-state index contributed by atoms with van der Waals surface area (Å²) in [5.74, 6) is -1.75. The van der Waals surface area contributed by atoms with Gasteiger partial charge in [0.15, 0.2) is 0 Å². The van der Waals surface area contributed by atoms with Crippen LogP contribution in [0.25, 0.3) is 43.1 Å². The fourth-order valence-electron chi connectivity index (χ4n) is 7.80. The number of amides is 4. The monoisotopic (exact) mass is 820 g/mol. The molecule has 302 valence electrons. The number of fused-ring (bicyclic) bond motifs is 4. The van der Waals surface area contributed by atoms with E-state index in [0.717, 1.165) is 0 Å². The van der Waals surface area contributed by atoms with Crippen molar-refractivity contribution in [2.24, 2.45) is 0 Å². The number of nitrogens with one attached hydrogen (secondary N) is 2. The number of carbonyl (C=O) groups is 4. The van der Waals surface area contributed by atoms with Crippen molar-refractivity contribution < 1.29 is 42.0 Å². The second-order valence-corrected chi connectivity index (χ2v) is 15.9. The summed E-state index contributed by atoms with van der Waals surface area (Å²) in [6.45, 7) is 5.10. The molecule has 0 aliphatic carbocycles. The van der Waals surface area contributed by atoms with Crippen molar-refractivity contribution in [1.29, 1.82) is 0 Å². The second kappa shape index (κ2) is 15.6. The van der Waals surface area contributed by atoms with Crippen LogP contribution in [0.3, 0.4) is 0 Å². The summed E-state index contributed by atoms with van der Waals surface area (Å²) < 4.78 is 25.9. The third kappa shape index (κ3) is 7.56. The highest BCUT2D eigenvalue weighted by Crippen LogP contribution is 2.39. The zero-order chi connectivity index (χ0) is 42.5. The Balaban J connectivity index is 0.000000997. The molecule has 0 spiro atoms. The Morgan fingerprint density at radius 3 is 1.31 bits per heavy atom. The number of rotatable bonds is 11. The number of hydrogen-bond donors (Lipinski definition) is 3. The molecule has 8 rings (SSSR count). The first-order chi connectivity index (χ1) is 28.0. The highest BCUT2D eigenvalue weighted by atomic mass is 32.2. The molecule has 2 aliphatic rings. The fourth-order valence-corrected chi connectivity index (χ4v) is 7.80. The second-order valence-electron chi connectivity index (χ2n) is 14.4. The first kappa shape index (κ1) is 40.5. The van der Waals surface area contributed by atoms with Crippen LogP contribution in [-0.2, 0) is 10.1 Å². The summed E-state index contributed by atoms with van der Waals surface area (Å²) in [5, 5.41) is 34.1. The van der Waals surface area contributed by atoms with Gasteiger partial charge in [0, 0.05) is 95.6 Å². The topological polar surface area (TPSA) is 239 Å². The van der Waals surface area contributed by atoms with E-state index in [2.05, 4.69) is 10.6 Å². The van der Waals surface area contributed by atoms with Crippen LogP contribution in [-0.4, -0.2) is 101 Å². The molecule has 2 atom stereocenters. The number of nitro groups is 2. The van der Waals surface area contributed by atoms with E-state index in [1.165, 1.54) is 34.1 Å². The van der Waals surface area contributed by atoms with Crippen LogP contribution in [0, 0.1) is 20.2 Å². The molecule has 0 bridgehead atoms. The third-order valence-electron chi connectivity index (χ3n) is 10.4. The van der Waals surface area contributed by atoms with Crippen molar-refractivity contribution >= 4 is 88.2 Å². The van der Waals surface area contributed by atoms with Crippen LogP contribution in [0.5, 0.6) is 0 Å². The molecular weight excluding hydrogens is 785 g/mol. The SMILES string of the molecule is CS(=O)(=O)O.C[C@@H](CNCCNC[C@H](C)N1C(=O)c2cccc3c2c(cc2ccc([N+](=O)[O-])cc23)C1=O)N1C(=O)c2cccc3c2c(cc2ccc([N+](=O)[O-])cc23)C1=O. The third-order valence-corrected chi connectivity index (χ3v) is 10.4. The molecule has 0 saturated carbocycles. The molecule has 6 aromatic carbocycles. The predicted molar refractivity (Wildman–Crippen MR) is 219 cm³/mol. The maximum atomic E-state index is 13.8. The van der Waals surface area contributed by atoms with Crippen molar-refractivity contribution in [3.63, 3.8) is 0 Å². The van der Waals surface area contributed by atoms with E-state index in [1.807, 2.05) is 0 Å². The number of imide groups is 2. The van der Waals surface area contributed by atoms with E-state index in [9.17, 15) is 47.8 Å². The van der Waals surface area contributed by atoms with Gasteiger partial charge in [-0.1, -0.05) is 24.3 Å². The summed E-state index contributed by atoms with van der Waals surface area (Å²) in [4.78, 5) is 79.4. The summed E-state index contributed by atoms with van der Waals surface area (Å²) in [5.41, 5.74) is 1.28. The van der Waals surface area contributed by atoms with Crippen LogP contribution in [0.15, 0.2) is 84.9 Å². The quantitative estimate of drug-likeness (QED) is 0.0368. The van der Waals surface area contributed by atoms with Gasteiger partial charge in [-0.25, -0.2) is 0 Å². The van der Waals surface area contributed by atoms with Gasteiger partial charge in [0.05, 0.1) is 16.1 Å². The Kier molecular flexibility index (Phi) is 10.7. The van der Waals surface area contributed by atoms with Gasteiger partial charge in [0.25, 0.3) is 45.1 Å². The fraction of sp³-hybridized carbons (Fsp3) is 0.220. The van der Waals surface area contributed by atoms with Crippen LogP contribution in [0.1, 0.15) is 55.3 Å². The van der Waals surface area contributed by atoms with Crippen molar-refractivity contribution in [3.8, 4) is 0 Å². The average molecular weight is 821 g/mol. The van der Waals surface area contributed by atoms with E-state index < -0.39 is 55.7 Å². The highest BCUT2D eigenvalue weighted by molar-refractivity contribution is 7.85. The van der Waals surface area contributed by atoms with Gasteiger partial charge in [0.1, 0.15) is 0 Å². The number of nitrogens with zero attached hydrogens (tertiary/aromatic N) is 4. The summed E-state index contributed by atoms with van der Waals surface area (Å²) in [6, 6.07) is 21.6. The number of nitro benzene ring substituents is 2. The van der Waals surface area contributed by atoms with E-state index in [0.29, 0.717) is 97.8 Å². The Bertz CT molecular complexity index is 2740. The zero-order valence-electron chi connectivity index (χ0n) is 31.8. The molecule has 4 amide bonds. The molecule has 0 unspecified atom stereocenters. The summed E-state index contributed by atoms with van der Waals surface area (Å²) in [7, 11) is -3.67. The minimum atomic E-state index is -3.67. The molecule has 0 aromatic heterocycles. The maximum absolute atomic E-state index is 13.8. The molecule has 59 heavy (non-hydrogen) atoms. The van der Waals surface area contributed by atoms with Crippen molar-refractivity contribution in [2.75, 3.05) is 32.4 Å². The summed E-state index contributed by atoms with van der Waals surface area (Å²) >= 11 is 0. The Hall–Kier alpha value is -6.73. The van der Waals surface area contributed by atoms with Crippen molar-refractivity contribution in [2.45, 2.75) is 25.9 Å². The number of benzene rings is 6. The lowest BCUT2D eigenvalue weighted by Gasteiger charge is -2.33. The maximum Gasteiger partial charge on any atom is 0.270 e. The Morgan fingerprint density at radius 1 is 0.593 bits per heavy atom. The lowest BCUT2D eigenvalue weighted by molar-refractivity contribution is -0.384. The van der Waals surface area contributed by atoms with Gasteiger partial charge in [-0.3, -0.25) is 53.8 Å². The molecule has 3 N–H and O–H groups in total. The minimum Gasteiger partial charge on any atom is -0.313 e. The lowest BCUT2D eigenvalue weighted by atomic mass is 9.89. The Labute approximate surface area is 335 Å². The number of carbonyl (C=O) groups excluding carboxylic acids is 4. The van der Waals surface area contributed by atoms with Gasteiger partial charge in [0.2, 0.25) is 0 Å². The molecule has 0 fully saturated rings. The molecule has 0 saturated heterocycles. The van der Waals surface area contributed by atoms with E-state index in [-0.39, 0.29) is 11.4 Å². The van der Waals surface area contributed by atoms with Crippen molar-refractivity contribution in [3.05, 3.63) is 127 Å². The lowest BCUT2D eigenvalue weighted by Crippen LogP contribution is -2.51. The van der Waals surface area contributed by atoms with Crippen LogP contribution in [0.4, 0.5) is 11.4 Å². The smallest absolute Gasteiger partial charge is 0.270 e. The molecule has 18 heteroatoms. The average Bonchev–Trinajstić information content (AvgIpc) is 3.19. The van der Waals surface area contributed by atoms with Gasteiger partial charge in [-0.15, -0.1) is 0 Å². The van der Waals surface area contributed by atoms with E-state index in [4.69, 9.17) is 4.55 Å². The largest absolute Gasteiger partial charge is 0.313 e. The minimum absolute atomic E-state index is 0.0779. The first-order valence-electron chi connectivity index (χ1n) is 18.3. The number of non-ortho nitro benzene ring substituents is 2. The Morgan fingerprint density at radius 2 is 0.949 bits per heavy atom. The number of hydrogen-bond acceptors (Lipinski definition) is 12. The molecule has 0 radical (unpaired) electrons. The highest BCUT2D eigenvalue weighted by Gasteiger charge is 2.38. The van der Waals surface area contributed by atoms with E-state index in [1.54, 1.807) is 74.5 Å². The van der Waals surface area contributed by atoms with E-state index >= 15 is 0 Å². The standard InChI is InChI=1S/C40H32N6O8.CH4O3S/c1-21(43-37(47)29-7-3-5-27-31-17-25(45(51)52)11-9-23(31)15-33(35(27)29)39(43)49)19-41-13-14-42-20-22(2)44-38(48)30-8-4-6-28-32-18-26(46(53)54)12-10-24(32)16-34(36(28)30)40(44)50;1-5(2,3)4/h3-12,15-18,21-22,41-42H,13-14,19-20H2,1-2H3;1H3,(H,2,3,4)/t21-,22-;/m0./s1.